The minimum atomic E-state index is -1.82. The Bertz CT molecular complexity index is 1130. The van der Waals surface area contributed by atoms with Crippen LogP contribution in [0.25, 0.3) is 0 Å². The first-order chi connectivity index (χ1) is 15.1. The predicted molar refractivity (Wildman–Crippen MR) is 110 cm³/mol. The zero-order chi connectivity index (χ0) is 21.5. The van der Waals surface area contributed by atoms with Crippen molar-refractivity contribution in [3.05, 3.63) is 107 Å². The lowest BCUT2D eigenvalue weighted by atomic mass is 9.83. The lowest BCUT2D eigenvalue weighted by Crippen LogP contribution is -2.49. The molecule has 2 aliphatic rings. The van der Waals surface area contributed by atoms with Gasteiger partial charge >= 0.3 is 11.9 Å². The zero-order valence-corrected chi connectivity index (χ0v) is 16.8. The summed E-state index contributed by atoms with van der Waals surface area (Å²) in [4.78, 5) is 27.0. The quantitative estimate of drug-likeness (QED) is 0.591. The summed E-state index contributed by atoms with van der Waals surface area (Å²) < 4.78 is 23.6. The molecule has 3 aromatic carbocycles. The van der Waals surface area contributed by atoms with E-state index in [1.807, 2.05) is 36.4 Å². The minimum absolute atomic E-state index is 0.0332. The highest BCUT2D eigenvalue weighted by Crippen LogP contribution is 2.54. The largest absolute Gasteiger partial charge is 0.458 e. The van der Waals surface area contributed by atoms with Crippen molar-refractivity contribution < 1.29 is 28.5 Å². The smallest absolute Gasteiger partial charge is 0.347 e. The average molecular weight is 416 g/mol. The number of carbonyl (C=O) groups excluding carboxylic acids is 2. The molecule has 0 spiro atoms. The number of rotatable bonds is 5. The molecule has 0 aromatic heterocycles. The van der Waals surface area contributed by atoms with Crippen molar-refractivity contribution in [3.63, 3.8) is 0 Å². The summed E-state index contributed by atoms with van der Waals surface area (Å²) >= 11 is 0. The first kappa shape index (κ1) is 19.6. The van der Waals surface area contributed by atoms with Crippen molar-refractivity contribution >= 4 is 11.8 Å². The number of hydrogen-bond acceptors (Lipinski definition) is 6. The second kappa shape index (κ2) is 7.42. The maximum atomic E-state index is 13.6. The average Bonchev–Trinajstić information content (AvgIpc) is 3.17. The number of benzene rings is 3. The molecule has 6 nitrogen and oxygen atoms in total. The molecular formula is C25H20O6. The third-order valence-electron chi connectivity index (χ3n) is 5.69. The number of ether oxygens (including phenoxy) is 4. The van der Waals surface area contributed by atoms with Crippen molar-refractivity contribution in [3.8, 4) is 0 Å². The molecule has 5 rings (SSSR count). The number of hydrogen-bond donors (Lipinski definition) is 0. The summed E-state index contributed by atoms with van der Waals surface area (Å²) in [6.07, 6.45) is -1.26. The van der Waals surface area contributed by atoms with Crippen LogP contribution >= 0.6 is 0 Å². The van der Waals surface area contributed by atoms with Crippen molar-refractivity contribution in [2.45, 2.75) is 24.3 Å². The molecule has 0 saturated carbocycles. The monoisotopic (exact) mass is 416 g/mol. The molecule has 2 heterocycles. The third kappa shape index (κ3) is 2.91. The van der Waals surface area contributed by atoms with Crippen LogP contribution in [0.3, 0.4) is 0 Å². The molecule has 0 amide bonds. The molecule has 31 heavy (non-hydrogen) atoms. The molecule has 2 bridgehead atoms. The van der Waals surface area contributed by atoms with E-state index in [4.69, 9.17) is 18.9 Å². The van der Waals surface area contributed by atoms with Crippen LogP contribution in [-0.4, -0.2) is 25.0 Å². The van der Waals surface area contributed by atoms with E-state index in [9.17, 15) is 9.59 Å². The van der Waals surface area contributed by atoms with Crippen LogP contribution in [0.2, 0.25) is 0 Å². The van der Waals surface area contributed by atoms with Gasteiger partial charge in [-0.3, -0.25) is 9.53 Å². The van der Waals surface area contributed by atoms with Crippen LogP contribution in [0.5, 0.6) is 0 Å². The van der Waals surface area contributed by atoms with Crippen LogP contribution in [0.4, 0.5) is 0 Å². The topological polar surface area (TPSA) is 71.1 Å². The fourth-order valence-electron chi connectivity index (χ4n) is 4.18. The van der Waals surface area contributed by atoms with Gasteiger partial charge in [0.15, 0.2) is 11.9 Å². The molecule has 0 N–H and O–H groups in total. The number of methoxy groups -OCH3 is 1. The summed E-state index contributed by atoms with van der Waals surface area (Å²) in [7, 11) is 1.42. The summed E-state index contributed by atoms with van der Waals surface area (Å²) in [5.41, 5.74) is 0.277. The van der Waals surface area contributed by atoms with Gasteiger partial charge in [0.2, 0.25) is 5.60 Å². The van der Waals surface area contributed by atoms with Crippen molar-refractivity contribution in [1.29, 1.82) is 0 Å². The van der Waals surface area contributed by atoms with Crippen molar-refractivity contribution in [1.82, 2.24) is 0 Å². The number of carbonyl (C=O) groups is 2. The lowest BCUT2D eigenvalue weighted by molar-refractivity contribution is -0.351. The van der Waals surface area contributed by atoms with Gasteiger partial charge in [0.05, 0.1) is 5.56 Å². The van der Waals surface area contributed by atoms with Gasteiger partial charge in [-0.05, 0) is 11.1 Å². The molecule has 0 aliphatic carbocycles. The molecule has 1 saturated heterocycles. The highest BCUT2D eigenvalue weighted by atomic mass is 16.9. The fraction of sp³-hybridized carbons (Fsp3) is 0.200. The molecule has 0 unspecified atom stereocenters. The maximum Gasteiger partial charge on any atom is 0.347 e. The van der Waals surface area contributed by atoms with Crippen LogP contribution in [0, 0.1) is 0 Å². The molecular weight excluding hydrogens is 396 g/mol. The van der Waals surface area contributed by atoms with Gasteiger partial charge in [-0.2, -0.15) is 0 Å². The van der Waals surface area contributed by atoms with Gasteiger partial charge in [0.25, 0.3) is 0 Å². The number of esters is 1. The highest BCUT2D eigenvalue weighted by molar-refractivity contribution is 6.06. The molecule has 3 atom stereocenters. The van der Waals surface area contributed by atoms with Crippen LogP contribution in [-0.2, 0) is 41.9 Å². The Labute approximate surface area is 179 Å². The van der Waals surface area contributed by atoms with E-state index in [1.54, 1.807) is 48.5 Å². The van der Waals surface area contributed by atoms with E-state index < -0.39 is 23.6 Å². The molecule has 1 fully saturated rings. The normalized spacial score (nSPS) is 26.4. The standard InChI is InChI=1S/C25H20O6/c1-28-25-20-15-9-8-14-19(20)21(26)22(30-25)24(31-25,18-12-6-3-7-13-18)23(27)29-16-17-10-4-2-5-11-17/h2-15,22H,16H2,1H3/t22-,24+,25+/m1/s1. The van der Waals surface area contributed by atoms with E-state index in [0.29, 0.717) is 16.7 Å². The third-order valence-corrected chi connectivity index (χ3v) is 5.69. The van der Waals surface area contributed by atoms with Gasteiger partial charge in [0, 0.05) is 12.7 Å². The maximum absolute atomic E-state index is 13.6. The summed E-state index contributed by atoms with van der Waals surface area (Å²) in [6, 6.07) is 25.0. The van der Waals surface area contributed by atoms with Crippen LogP contribution in [0.1, 0.15) is 27.0 Å². The van der Waals surface area contributed by atoms with Gasteiger partial charge in [-0.1, -0.05) is 84.9 Å². The summed E-state index contributed by atoms with van der Waals surface area (Å²) in [5, 5.41) is 0. The van der Waals surface area contributed by atoms with E-state index in [1.165, 1.54) is 7.11 Å². The Morgan fingerprint density at radius 1 is 0.935 bits per heavy atom. The van der Waals surface area contributed by atoms with Crippen molar-refractivity contribution in [2.24, 2.45) is 0 Å². The van der Waals surface area contributed by atoms with E-state index in [-0.39, 0.29) is 12.4 Å². The minimum Gasteiger partial charge on any atom is -0.458 e. The zero-order valence-electron chi connectivity index (χ0n) is 16.8. The molecule has 0 radical (unpaired) electrons. The molecule has 2 aliphatic heterocycles. The number of fused-ring (bicyclic) bond motifs is 4. The number of Topliss-reactive ketones (excluding diaryl/α,β-unsaturated/α-hetero) is 1. The van der Waals surface area contributed by atoms with Crippen molar-refractivity contribution in [2.75, 3.05) is 7.11 Å². The van der Waals surface area contributed by atoms with Gasteiger partial charge < -0.3 is 14.2 Å². The van der Waals surface area contributed by atoms with E-state index >= 15 is 0 Å². The SMILES string of the molecule is CO[C@]12O[C@H](C(=O)c3ccccc31)[C@](C(=O)OCc1ccccc1)(c1ccccc1)O2. The van der Waals surface area contributed by atoms with Gasteiger partial charge in [0.1, 0.15) is 6.61 Å². The van der Waals surface area contributed by atoms with Crippen LogP contribution in [0.15, 0.2) is 84.9 Å². The molecule has 3 aromatic rings. The summed E-state index contributed by atoms with van der Waals surface area (Å²) in [5.74, 6) is -2.77. The Kier molecular flexibility index (Phi) is 4.70. The second-order valence-electron chi connectivity index (χ2n) is 7.43. The van der Waals surface area contributed by atoms with E-state index in [0.717, 1.165) is 5.56 Å². The lowest BCUT2D eigenvalue weighted by Gasteiger charge is -2.30. The first-order valence-electron chi connectivity index (χ1n) is 9.94. The Balaban J connectivity index is 1.61. The molecule has 156 valence electrons. The second-order valence-corrected chi connectivity index (χ2v) is 7.43. The van der Waals surface area contributed by atoms with Gasteiger partial charge in [-0.15, -0.1) is 0 Å². The van der Waals surface area contributed by atoms with E-state index in [2.05, 4.69) is 0 Å². The fourth-order valence-corrected chi connectivity index (χ4v) is 4.18. The predicted octanol–water partition coefficient (Wildman–Crippen LogP) is 3.69. The Morgan fingerprint density at radius 2 is 1.58 bits per heavy atom. The molecule has 6 heteroatoms. The van der Waals surface area contributed by atoms with Crippen LogP contribution < -0.4 is 0 Å². The Morgan fingerprint density at radius 3 is 2.29 bits per heavy atom. The first-order valence-corrected chi connectivity index (χ1v) is 9.94. The Hall–Kier alpha value is -3.32. The summed E-state index contributed by atoms with van der Waals surface area (Å²) in [6.45, 7) is 0.0332. The highest BCUT2D eigenvalue weighted by Gasteiger charge is 2.70. The van der Waals surface area contributed by atoms with Gasteiger partial charge in [-0.25, -0.2) is 4.79 Å². The number of ketones is 1.